The standard InChI is InChI=1S/C16H20N6O3/c1-24-15-8-14(17-11-18-15)20-9-12-3-4-19-22(12)13(10-20)7-16(23)21-5-2-6-25-21/h3-4,8,11,13H,2,5-7,9-10H2,1H3/t13-/m1/s1. The van der Waals surface area contributed by atoms with E-state index in [1.54, 1.807) is 19.4 Å². The van der Waals surface area contributed by atoms with Crippen molar-refractivity contribution in [3.63, 3.8) is 0 Å². The van der Waals surface area contributed by atoms with Crippen LogP contribution >= 0.6 is 0 Å². The van der Waals surface area contributed by atoms with Crippen LogP contribution in [-0.2, 0) is 16.2 Å². The van der Waals surface area contributed by atoms with Gasteiger partial charge in [0.2, 0.25) is 11.8 Å². The molecule has 2 aromatic heterocycles. The summed E-state index contributed by atoms with van der Waals surface area (Å²) in [6.45, 7) is 2.57. The molecule has 25 heavy (non-hydrogen) atoms. The Hall–Kier alpha value is -2.68. The molecule has 1 saturated heterocycles. The number of methoxy groups -OCH3 is 1. The second kappa shape index (κ2) is 6.67. The number of anilines is 1. The molecule has 0 aromatic carbocycles. The van der Waals surface area contributed by atoms with Gasteiger partial charge in [0, 0.05) is 18.8 Å². The molecule has 0 N–H and O–H groups in total. The Morgan fingerprint density at radius 3 is 3.16 bits per heavy atom. The minimum atomic E-state index is -0.0728. The van der Waals surface area contributed by atoms with Gasteiger partial charge in [-0.25, -0.2) is 15.0 Å². The number of hydrogen-bond donors (Lipinski definition) is 0. The van der Waals surface area contributed by atoms with Crippen molar-refractivity contribution < 1.29 is 14.4 Å². The van der Waals surface area contributed by atoms with Gasteiger partial charge in [-0.2, -0.15) is 5.10 Å². The van der Waals surface area contributed by atoms with E-state index in [-0.39, 0.29) is 11.9 Å². The third kappa shape index (κ3) is 3.14. The van der Waals surface area contributed by atoms with Crippen molar-refractivity contribution >= 4 is 11.7 Å². The molecule has 9 nitrogen and oxygen atoms in total. The van der Waals surface area contributed by atoms with Gasteiger partial charge in [-0.15, -0.1) is 0 Å². The molecule has 0 spiro atoms. The first kappa shape index (κ1) is 15.8. The van der Waals surface area contributed by atoms with E-state index in [4.69, 9.17) is 9.57 Å². The van der Waals surface area contributed by atoms with Gasteiger partial charge >= 0.3 is 0 Å². The number of hydroxylamine groups is 2. The number of rotatable bonds is 4. The second-order valence-electron chi connectivity index (χ2n) is 6.11. The zero-order chi connectivity index (χ0) is 17.2. The number of carbonyl (C=O) groups is 1. The van der Waals surface area contributed by atoms with Gasteiger partial charge in [-0.05, 0) is 12.5 Å². The summed E-state index contributed by atoms with van der Waals surface area (Å²) in [4.78, 5) is 28.4. The fourth-order valence-electron chi connectivity index (χ4n) is 3.28. The molecule has 2 aromatic rings. The van der Waals surface area contributed by atoms with E-state index < -0.39 is 0 Å². The number of hydrogen-bond acceptors (Lipinski definition) is 7. The Balaban J connectivity index is 1.55. The van der Waals surface area contributed by atoms with Gasteiger partial charge in [0.1, 0.15) is 12.1 Å². The SMILES string of the molecule is COc1cc(N2Cc3ccnn3[C@H](CC(=O)N3CCCO3)C2)ncn1. The van der Waals surface area contributed by atoms with Crippen molar-refractivity contribution in [1.82, 2.24) is 24.8 Å². The quantitative estimate of drug-likeness (QED) is 0.811. The van der Waals surface area contributed by atoms with Gasteiger partial charge in [-0.1, -0.05) is 0 Å². The van der Waals surface area contributed by atoms with Crippen LogP contribution in [0.15, 0.2) is 24.7 Å². The van der Waals surface area contributed by atoms with E-state index >= 15 is 0 Å². The van der Waals surface area contributed by atoms with Crippen LogP contribution in [0.2, 0.25) is 0 Å². The minimum Gasteiger partial charge on any atom is -0.481 e. The molecule has 0 saturated carbocycles. The third-order valence-electron chi connectivity index (χ3n) is 4.48. The summed E-state index contributed by atoms with van der Waals surface area (Å²) in [6.07, 6.45) is 4.48. The van der Waals surface area contributed by atoms with Gasteiger partial charge in [-0.3, -0.25) is 14.3 Å². The Kier molecular flexibility index (Phi) is 4.22. The molecule has 2 aliphatic rings. The smallest absolute Gasteiger partial charge is 0.248 e. The highest BCUT2D eigenvalue weighted by Crippen LogP contribution is 2.28. The summed E-state index contributed by atoms with van der Waals surface area (Å²) in [5, 5.41) is 5.87. The lowest BCUT2D eigenvalue weighted by Crippen LogP contribution is -2.40. The van der Waals surface area contributed by atoms with Gasteiger partial charge in [0.05, 0.1) is 45.0 Å². The highest BCUT2D eigenvalue weighted by molar-refractivity contribution is 5.75. The molecule has 0 radical (unpaired) electrons. The highest BCUT2D eigenvalue weighted by Gasteiger charge is 2.31. The van der Waals surface area contributed by atoms with Crippen LogP contribution in [0, 0.1) is 0 Å². The highest BCUT2D eigenvalue weighted by atomic mass is 16.7. The van der Waals surface area contributed by atoms with Gasteiger partial charge < -0.3 is 9.64 Å². The minimum absolute atomic E-state index is 0.00827. The fourth-order valence-corrected chi connectivity index (χ4v) is 3.28. The zero-order valence-electron chi connectivity index (χ0n) is 14.0. The van der Waals surface area contributed by atoms with Gasteiger partial charge in [0.15, 0.2) is 0 Å². The number of amides is 1. The normalized spacial score (nSPS) is 19.8. The maximum absolute atomic E-state index is 12.5. The summed E-state index contributed by atoms with van der Waals surface area (Å²) >= 11 is 0. The van der Waals surface area contributed by atoms with Crippen LogP contribution < -0.4 is 9.64 Å². The summed E-state index contributed by atoms with van der Waals surface area (Å²) < 4.78 is 7.12. The van der Waals surface area contributed by atoms with Crippen molar-refractivity contribution in [2.45, 2.75) is 25.4 Å². The Morgan fingerprint density at radius 1 is 1.44 bits per heavy atom. The predicted octanol–water partition coefficient (Wildman–Crippen LogP) is 0.797. The van der Waals surface area contributed by atoms with E-state index in [2.05, 4.69) is 20.0 Å². The van der Waals surface area contributed by atoms with Crippen molar-refractivity contribution in [3.8, 4) is 5.88 Å². The maximum Gasteiger partial charge on any atom is 0.248 e. The molecule has 0 unspecified atom stereocenters. The number of nitrogens with zero attached hydrogens (tertiary/aromatic N) is 6. The van der Waals surface area contributed by atoms with E-state index in [9.17, 15) is 4.79 Å². The average Bonchev–Trinajstić information content (AvgIpc) is 3.33. The van der Waals surface area contributed by atoms with Crippen LogP contribution in [0.25, 0.3) is 0 Å². The molecule has 2 aliphatic heterocycles. The van der Waals surface area contributed by atoms with Crippen LogP contribution in [0.3, 0.4) is 0 Å². The maximum atomic E-state index is 12.5. The predicted molar refractivity (Wildman–Crippen MR) is 87.8 cm³/mol. The average molecular weight is 344 g/mol. The Labute approximate surface area is 145 Å². The first-order valence-corrected chi connectivity index (χ1v) is 8.31. The summed E-state index contributed by atoms with van der Waals surface area (Å²) in [7, 11) is 1.58. The number of aromatic nitrogens is 4. The molecular formula is C16H20N6O3. The number of ether oxygens (including phenoxy) is 1. The Bertz CT molecular complexity index is 758. The van der Waals surface area contributed by atoms with Crippen molar-refractivity contribution in [2.24, 2.45) is 0 Å². The monoisotopic (exact) mass is 344 g/mol. The van der Waals surface area contributed by atoms with Gasteiger partial charge in [0.25, 0.3) is 0 Å². The largest absolute Gasteiger partial charge is 0.481 e. The number of carbonyl (C=O) groups excluding carboxylic acids is 1. The molecular weight excluding hydrogens is 324 g/mol. The third-order valence-corrected chi connectivity index (χ3v) is 4.48. The lowest BCUT2D eigenvalue weighted by molar-refractivity contribution is -0.169. The first-order valence-electron chi connectivity index (χ1n) is 8.31. The fraction of sp³-hybridized carbons (Fsp3) is 0.500. The molecule has 9 heteroatoms. The van der Waals surface area contributed by atoms with E-state index in [1.165, 1.54) is 11.4 Å². The van der Waals surface area contributed by atoms with E-state index in [1.807, 2.05) is 10.7 Å². The molecule has 4 heterocycles. The van der Waals surface area contributed by atoms with E-state index in [0.717, 1.165) is 17.9 Å². The zero-order valence-corrected chi connectivity index (χ0v) is 14.0. The van der Waals surface area contributed by atoms with E-state index in [0.29, 0.717) is 38.5 Å². The van der Waals surface area contributed by atoms with Crippen LogP contribution in [0.4, 0.5) is 5.82 Å². The number of fused-ring (bicyclic) bond motifs is 1. The van der Waals surface area contributed by atoms with Crippen molar-refractivity contribution in [1.29, 1.82) is 0 Å². The lowest BCUT2D eigenvalue weighted by atomic mass is 10.1. The van der Waals surface area contributed by atoms with Crippen molar-refractivity contribution in [3.05, 3.63) is 30.4 Å². The molecule has 1 amide bonds. The van der Waals surface area contributed by atoms with Crippen molar-refractivity contribution in [2.75, 3.05) is 31.7 Å². The summed E-state index contributed by atoms with van der Waals surface area (Å²) in [6, 6.07) is 3.69. The summed E-state index contributed by atoms with van der Waals surface area (Å²) in [5.74, 6) is 1.28. The second-order valence-corrected chi connectivity index (χ2v) is 6.11. The van der Waals surface area contributed by atoms with Crippen LogP contribution in [0.1, 0.15) is 24.6 Å². The molecule has 0 bridgehead atoms. The van der Waals surface area contributed by atoms with Crippen LogP contribution in [-0.4, -0.2) is 57.5 Å². The molecule has 0 aliphatic carbocycles. The molecule has 1 atom stereocenters. The first-order chi connectivity index (χ1) is 12.2. The molecule has 132 valence electrons. The summed E-state index contributed by atoms with van der Waals surface area (Å²) in [5.41, 5.74) is 1.05. The lowest BCUT2D eigenvalue weighted by Gasteiger charge is -2.34. The molecule has 4 rings (SSSR count). The van der Waals surface area contributed by atoms with Crippen LogP contribution in [0.5, 0.6) is 5.88 Å². The Morgan fingerprint density at radius 2 is 2.36 bits per heavy atom. The topological polar surface area (TPSA) is 85.6 Å². The molecule has 1 fully saturated rings.